The molecule has 0 aliphatic heterocycles. The summed E-state index contributed by atoms with van der Waals surface area (Å²) in [6.45, 7) is 7.59. The lowest BCUT2D eigenvalue weighted by molar-refractivity contribution is 0.213. The number of aromatic nitrogens is 3. The number of nitrogens with zero attached hydrogens (tertiary/aromatic N) is 3. The van der Waals surface area contributed by atoms with Gasteiger partial charge in [0.1, 0.15) is 5.82 Å². The van der Waals surface area contributed by atoms with E-state index in [4.69, 9.17) is 5.73 Å². The quantitative estimate of drug-likeness (QED) is 0.811. The van der Waals surface area contributed by atoms with Crippen molar-refractivity contribution in [1.82, 2.24) is 14.8 Å². The van der Waals surface area contributed by atoms with Crippen molar-refractivity contribution in [2.45, 2.75) is 40.0 Å². The predicted molar refractivity (Wildman–Crippen MR) is 75.5 cm³/mol. The number of nitrogens with one attached hydrogen (secondary N) is 1. The van der Waals surface area contributed by atoms with Gasteiger partial charge in [0.25, 0.3) is 0 Å². The lowest BCUT2D eigenvalue weighted by atomic mass is 9.76. The second-order valence-corrected chi connectivity index (χ2v) is 5.93. The zero-order chi connectivity index (χ0) is 13.8. The Labute approximate surface area is 110 Å². The molecule has 0 aromatic carbocycles. The first kappa shape index (κ1) is 15.0. The SMILES string of the molecule is CNc1nnc(CCC(CCN)C(C)(C)C)n1C. The largest absolute Gasteiger partial charge is 0.357 e. The van der Waals surface area contributed by atoms with Crippen LogP contribution in [0.5, 0.6) is 0 Å². The molecule has 0 fully saturated rings. The molecule has 5 heteroatoms. The van der Waals surface area contributed by atoms with Gasteiger partial charge in [-0.15, -0.1) is 10.2 Å². The molecule has 1 heterocycles. The molecule has 18 heavy (non-hydrogen) atoms. The summed E-state index contributed by atoms with van der Waals surface area (Å²) >= 11 is 0. The second kappa shape index (κ2) is 6.18. The van der Waals surface area contributed by atoms with E-state index in [1.54, 1.807) is 0 Å². The first-order chi connectivity index (χ1) is 8.40. The Morgan fingerprint density at radius 1 is 1.28 bits per heavy atom. The van der Waals surface area contributed by atoms with Crippen LogP contribution in [0.15, 0.2) is 0 Å². The van der Waals surface area contributed by atoms with Crippen molar-refractivity contribution in [3.63, 3.8) is 0 Å². The van der Waals surface area contributed by atoms with E-state index in [1.165, 1.54) is 0 Å². The van der Waals surface area contributed by atoms with Crippen molar-refractivity contribution >= 4 is 5.95 Å². The average molecular weight is 253 g/mol. The van der Waals surface area contributed by atoms with E-state index < -0.39 is 0 Å². The van der Waals surface area contributed by atoms with E-state index in [0.29, 0.717) is 11.3 Å². The van der Waals surface area contributed by atoms with Gasteiger partial charge in [-0.25, -0.2) is 0 Å². The molecule has 5 nitrogen and oxygen atoms in total. The third-order valence-electron chi connectivity index (χ3n) is 3.64. The maximum atomic E-state index is 5.71. The van der Waals surface area contributed by atoms with E-state index >= 15 is 0 Å². The van der Waals surface area contributed by atoms with Crippen molar-refractivity contribution in [2.24, 2.45) is 24.1 Å². The topological polar surface area (TPSA) is 68.8 Å². The molecule has 1 rings (SSSR count). The minimum Gasteiger partial charge on any atom is -0.357 e. The molecule has 0 spiro atoms. The van der Waals surface area contributed by atoms with Crippen LogP contribution in [0.2, 0.25) is 0 Å². The van der Waals surface area contributed by atoms with Gasteiger partial charge in [0.15, 0.2) is 0 Å². The molecule has 1 atom stereocenters. The van der Waals surface area contributed by atoms with Gasteiger partial charge in [-0.2, -0.15) is 0 Å². The molecule has 0 aliphatic rings. The van der Waals surface area contributed by atoms with Crippen LogP contribution >= 0.6 is 0 Å². The Morgan fingerprint density at radius 3 is 2.39 bits per heavy atom. The van der Waals surface area contributed by atoms with Crippen LogP contribution in [0.25, 0.3) is 0 Å². The van der Waals surface area contributed by atoms with Crippen molar-refractivity contribution in [1.29, 1.82) is 0 Å². The van der Waals surface area contributed by atoms with Crippen LogP contribution in [0, 0.1) is 11.3 Å². The normalized spacial score (nSPS) is 13.7. The predicted octanol–water partition coefficient (Wildman–Crippen LogP) is 1.80. The highest BCUT2D eigenvalue weighted by atomic mass is 15.3. The fourth-order valence-electron chi connectivity index (χ4n) is 2.31. The van der Waals surface area contributed by atoms with Gasteiger partial charge in [-0.3, -0.25) is 0 Å². The minimum atomic E-state index is 0.295. The summed E-state index contributed by atoms with van der Waals surface area (Å²) < 4.78 is 2.02. The third kappa shape index (κ3) is 3.70. The summed E-state index contributed by atoms with van der Waals surface area (Å²) in [5, 5.41) is 11.3. The van der Waals surface area contributed by atoms with Crippen molar-refractivity contribution in [3.8, 4) is 0 Å². The standard InChI is InChI=1S/C13H27N5/c1-13(2,3)10(8-9-14)6-7-11-16-17-12(15-4)18(11)5/h10H,6-9,14H2,1-5H3,(H,15,17). The second-order valence-electron chi connectivity index (χ2n) is 5.93. The summed E-state index contributed by atoms with van der Waals surface area (Å²) in [7, 11) is 3.86. The van der Waals surface area contributed by atoms with Crippen molar-refractivity contribution in [2.75, 3.05) is 18.9 Å². The molecule has 3 N–H and O–H groups in total. The number of hydrogen-bond acceptors (Lipinski definition) is 4. The molecule has 0 amide bonds. The molecular formula is C13H27N5. The first-order valence-corrected chi connectivity index (χ1v) is 6.66. The zero-order valence-corrected chi connectivity index (χ0v) is 12.3. The monoisotopic (exact) mass is 253 g/mol. The summed E-state index contributed by atoms with van der Waals surface area (Å²) in [6.07, 6.45) is 3.13. The molecule has 0 saturated heterocycles. The van der Waals surface area contributed by atoms with E-state index in [2.05, 4.69) is 36.3 Å². The summed E-state index contributed by atoms with van der Waals surface area (Å²) in [5.74, 6) is 2.47. The Hall–Kier alpha value is -1.10. The molecule has 0 bridgehead atoms. The third-order valence-corrected chi connectivity index (χ3v) is 3.64. The van der Waals surface area contributed by atoms with Gasteiger partial charge >= 0.3 is 0 Å². The zero-order valence-electron chi connectivity index (χ0n) is 12.3. The van der Waals surface area contributed by atoms with Gasteiger partial charge in [-0.05, 0) is 30.7 Å². The Kier molecular flexibility index (Phi) is 5.14. The lowest BCUT2D eigenvalue weighted by Gasteiger charge is -2.30. The van der Waals surface area contributed by atoms with Crippen LogP contribution < -0.4 is 11.1 Å². The Morgan fingerprint density at radius 2 is 1.94 bits per heavy atom. The lowest BCUT2D eigenvalue weighted by Crippen LogP contribution is -2.24. The van der Waals surface area contributed by atoms with Gasteiger partial charge in [-0.1, -0.05) is 20.8 Å². The Balaban J connectivity index is 2.64. The molecule has 0 saturated carbocycles. The molecule has 0 radical (unpaired) electrons. The van der Waals surface area contributed by atoms with E-state index in [0.717, 1.165) is 37.6 Å². The van der Waals surface area contributed by atoms with Gasteiger partial charge < -0.3 is 15.6 Å². The van der Waals surface area contributed by atoms with E-state index in [1.807, 2.05) is 18.7 Å². The number of aryl methyl sites for hydroxylation is 1. The molecule has 0 aliphatic carbocycles. The van der Waals surface area contributed by atoms with E-state index in [-0.39, 0.29) is 0 Å². The van der Waals surface area contributed by atoms with Crippen LogP contribution in [-0.4, -0.2) is 28.4 Å². The highest BCUT2D eigenvalue weighted by Gasteiger charge is 2.24. The maximum absolute atomic E-state index is 5.71. The van der Waals surface area contributed by atoms with E-state index in [9.17, 15) is 0 Å². The molecule has 104 valence electrons. The highest BCUT2D eigenvalue weighted by Crippen LogP contribution is 2.32. The van der Waals surface area contributed by atoms with Crippen LogP contribution in [0.3, 0.4) is 0 Å². The fourth-order valence-corrected chi connectivity index (χ4v) is 2.31. The Bertz CT molecular complexity index is 364. The summed E-state index contributed by atoms with van der Waals surface area (Å²) in [5.41, 5.74) is 6.00. The van der Waals surface area contributed by atoms with Crippen molar-refractivity contribution in [3.05, 3.63) is 5.82 Å². The average Bonchev–Trinajstić information content (AvgIpc) is 2.64. The number of anilines is 1. The number of rotatable bonds is 6. The smallest absolute Gasteiger partial charge is 0.224 e. The van der Waals surface area contributed by atoms with Gasteiger partial charge in [0.2, 0.25) is 5.95 Å². The number of nitrogens with two attached hydrogens (primary N) is 1. The van der Waals surface area contributed by atoms with Gasteiger partial charge in [0.05, 0.1) is 0 Å². The summed E-state index contributed by atoms with van der Waals surface area (Å²) in [6, 6.07) is 0. The molecule has 1 aromatic heterocycles. The fraction of sp³-hybridized carbons (Fsp3) is 0.846. The summed E-state index contributed by atoms with van der Waals surface area (Å²) in [4.78, 5) is 0. The number of hydrogen-bond donors (Lipinski definition) is 2. The molecular weight excluding hydrogens is 226 g/mol. The highest BCUT2D eigenvalue weighted by molar-refractivity contribution is 5.23. The van der Waals surface area contributed by atoms with Crippen LogP contribution in [0.4, 0.5) is 5.95 Å². The van der Waals surface area contributed by atoms with Crippen molar-refractivity contribution < 1.29 is 0 Å². The van der Waals surface area contributed by atoms with Crippen LogP contribution in [0.1, 0.15) is 39.4 Å². The van der Waals surface area contributed by atoms with Crippen LogP contribution in [-0.2, 0) is 13.5 Å². The molecule has 1 aromatic rings. The molecule has 1 unspecified atom stereocenters. The maximum Gasteiger partial charge on any atom is 0.224 e. The first-order valence-electron chi connectivity index (χ1n) is 6.66. The minimum absolute atomic E-state index is 0.295. The van der Waals surface area contributed by atoms with Gasteiger partial charge in [0, 0.05) is 20.5 Å².